The molecule has 1 aromatic rings. The lowest BCUT2D eigenvalue weighted by Crippen LogP contribution is -2.40. The number of amides is 2. The zero-order chi connectivity index (χ0) is 13.0. The summed E-state index contributed by atoms with van der Waals surface area (Å²) in [7, 11) is 0. The molecular weight excluding hydrogens is 226 g/mol. The molecule has 7 heteroatoms. The summed E-state index contributed by atoms with van der Waals surface area (Å²) in [6, 6.07) is 4.29. The maximum Gasteiger partial charge on any atom is 0.255 e. The monoisotopic (exact) mass is 239 g/mol. The summed E-state index contributed by atoms with van der Waals surface area (Å²) in [4.78, 5) is 22.1. The minimum Gasteiger partial charge on any atom is -0.505 e. The van der Waals surface area contributed by atoms with Crippen molar-refractivity contribution in [1.29, 1.82) is 0 Å². The summed E-state index contributed by atoms with van der Waals surface area (Å²) in [5.41, 5.74) is 10.2. The van der Waals surface area contributed by atoms with Crippen LogP contribution >= 0.6 is 0 Å². The fourth-order valence-electron chi connectivity index (χ4n) is 1.13. The van der Waals surface area contributed by atoms with Gasteiger partial charge < -0.3 is 27.0 Å². The van der Waals surface area contributed by atoms with Crippen LogP contribution in [0.15, 0.2) is 18.2 Å². The SMILES string of the molecule is NC(=O)C(O)CNC(=O)c1cccc(N)c1O. The predicted octanol–water partition coefficient (Wildman–Crippen LogP) is -1.45. The zero-order valence-corrected chi connectivity index (χ0v) is 8.88. The number of phenolic OH excluding ortho intramolecular Hbond substituents is 1. The number of carbonyl (C=O) groups is 2. The van der Waals surface area contributed by atoms with Crippen LogP contribution in [0.5, 0.6) is 5.75 Å². The van der Waals surface area contributed by atoms with Crippen LogP contribution in [-0.4, -0.2) is 34.7 Å². The number of nitrogens with one attached hydrogen (secondary N) is 1. The summed E-state index contributed by atoms with van der Waals surface area (Å²) in [5.74, 6) is -1.95. The number of anilines is 1. The van der Waals surface area contributed by atoms with Crippen LogP contribution in [0.2, 0.25) is 0 Å². The number of nitrogens with two attached hydrogens (primary N) is 2. The van der Waals surface area contributed by atoms with Gasteiger partial charge in [-0.3, -0.25) is 9.59 Å². The van der Waals surface area contributed by atoms with Crippen LogP contribution in [0.3, 0.4) is 0 Å². The molecule has 1 atom stereocenters. The molecule has 0 heterocycles. The van der Waals surface area contributed by atoms with Crippen LogP contribution in [0, 0.1) is 0 Å². The van der Waals surface area contributed by atoms with Gasteiger partial charge in [0.25, 0.3) is 5.91 Å². The number of primary amides is 1. The van der Waals surface area contributed by atoms with E-state index in [1.165, 1.54) is 18.2 Å². The van der Waals surface area contributed by atoms with Gasteiger partial charge in [0.15, 0.2) is 5.75 Å². The van der Waals surface area contributed by atoms with Crippen molar-refractivity contribution in [3.8, 4) is 5.75 Å². The number of rotatable bonds is 4. The van der Waals surface area contributed by atoms with Crippen molar-refractivity contribution in [2.75, 3.05) is 12.3 Å². The van der Waals surface area contributed by atoms with Gasteiger partial charge in [-0.25, -0.2) is 0 Å². The first-order valence-electron chi connectivity index (χ1n) is 4.76. The number of aliphatic hydroxyl groups is 1. The second kappa shape index (κ2) is 5.17. The molecule has 0 aliphatic carbocycles. The van der Waals surface area contributed by atoms with Gasteiger partial charge in [0, 0.05) is 0 Å². The predicted molar refractivity (Wildman–Crippen MR) is 60.1 cm³/mol. The molecule has 0 bridgehead atoms. The Hall–Kier alpha value is -2.28. The number of benzene rings is 1. The molecule has 0 aliphatic rings. The maximum atomic E-state index is 11.6. The highest BCUT2D eigenvalue weighted by Gasteiger charge is 2.16. The Morgan fingerprint density at radius 1 is 1.41 bits per heavy atom. The lowest BCUT2D eigenvalue weighted by molar-refractivity contribution is -0.125. The molecular formula is C10H13N3O4. The molecule has 17 heavy (non-hydrogen) atoms. The molecule has 1 aromatic carbocycles. The largest absolute Gasteiger partial charge is 0.505 e. The van der Waals surface area contributed by atoms with E-state index in [-0.39, 0.29) is 23.5 Å². The highest BCUT2D eigenvalue weighted by Crippen LogP contribution is 2.23. The van der Waals surface area contributed by atoms with Gasteiger partial charge in [-0.1, -0.05) is 6.07 Å². The van der Waals surface area contributed by atoms with E-state index in [4.69, 9.17) is 16.6 Å². The third-order valence-electron chi connectivity index (χ3n) is 2.10. The molecule has 0 aliphatic heterocycles. The summed E-state index contributed by atoms with van der Waals surface area (Å²) in [6.07, 6.45) is -1.47. The van der Waals surface area contributed by atoms with E-state index in [2.05, 4.69) is 5.32 Å². The number of hydrogen-bond acceptors (Lipinski definition) is 5. The molecule has 0 radical (unpaired) electrons. The third kappa shape index (κ3) is 3.08. The van der Waals surface area contributed by atoms with Gasteiger partial charge in [0.1, 0.15) is 6.10 Å². The van der Waals surface area contributed by atoms with Gasteiger partial charge in [-0.15, -0.1) is 0 Å². The number of hydrogen-bond donors (Lipinski definition) is 5. The van der Waals surface area contributed by atoms with Crippen molar-refractivity contribution in [2.45, 2.75) is 6.10 Å². The maximum absolute atomic E-state index is 11.6. The first kappa shape index (κ1) is 12.8. The third-order valence-corrected chi connectivity index (χ3v) is 2.10. The molecule has 1 unspecified atom stereocenters. The van der Waals surface area contributed by atoms with E-state index in [9.17, 15) is 14.7 Å². The summed E-state index contributed by atoms with van der Waals surface area (Å²) in [5, 5.41) is 20.8. The van der Waals surface area contributed by atoms with E-state index >= 15 is 0 Å². The second-order valence-corrected chi connectivity index (χ2v) is 3.37. The number of para-hydroxylation sites is 1. The zero-order valence-electron chi connectivity index (χ0n) is 8.88. The summed E-state index contributed by atoms with van der Waals surface area (Å²) >= 11 is 0. The molecule has 1 rings (SSSR count). The van der Waals surface area contributed by atoms with E-state index < -0.39 is 17.9 Å². The van der Waals surface area contributed by atoms with E-state index in [1.54, 1.807) is 0 Å². The average molecular weight is 239 g/mol. The normalized spacial score (nSPS) is 11.8. The minimum atomic E-state index is -1.47. The Labute approximate surface area is 97.0 Å². The number of aliphatic hydroxyl groups excluding tert-OH is 1. The lowest BCUT2D eigenvalue weighted by Gasteiger charge is -2.10. The highest BCUT2D eigenvalue weighted by atomic mass is 16.3. The van der Waals surface area contributed by atoms with Crippen LogP contribution in [0.25, 0.3) is 0 Å². The smallest absolute Gasteiger partial charge is 0.255 e. The second-order valence-electron chi connectivity index (χ2n) is 3.37. The Bertz CT molecular complexity index is 447. The topological polar surface area (TPSA) is 139 Å². The number of phenols is 1. The fourth-order valence-corrected chi connectivity index (χ4v) is 1.13. The van der Waals surface area contributed by atoms with Gasteiger partial charge in [0.2, 0.25) is 5.91 Å². The Kier molecular flexibility index (Phi) is 3.89. The Morgan fingerprint density at radius 2 is 2.06 bits per heavy atom. The van der Waals surface area contributed by atoms with Crippen LogP contribution in [0.1, 0.15) is 10.4 Å². The molecule has 0 saturated carbocycles. The first-order chi connectivity index (χ1) is 7.93. The molecule has 7 N–H and O–H groups in total. The summed E-state index contributed by atoms with van der Waals surface area (Å²) < 4.78 is 0. The molecule has 92 valence electrons. The van der Waals surface area contributed by atoms with E-state index in [0.29, 0.717) is 0 Å². The van der Waals surface area contributed by atoms with Crippen molar-refractivity contribution in [3.05, 3.63) is 23.8 Å². The minimum absolute atomic E-state index is 0.0401. The van der Waals surface area contributed by atoms with Crippen LogP contribution in [-0.2, 0) is 4.79 Å². The van der Waals surface area contributed by atoms with E-state index in [0.717, 1.165) is 0 Å². The number of carbonyl (C=O) groups excluding carboxylic acids is 2. The first-order valence-corrected chi connectivity index (χ1v) is 4.76. The molecule has 7 nitrogen and oxygen atoms in total. The molecule has 0 spiro atoms. The molecule has 0 fully saturated rings. The standard InChI is InChI=1S/C10H13N3O4/c11-6-3-1-2-5(8(6)15)10(17)13-4-7(14)9(12)16/h1-3,7,14-15H,4,11H2,(H2,12,16)(H,13,17). The number of aromatic hydroxyl groups is 1. The molecule has 0 saturated heterocycles. The quantitative estimate of drug-likeness (QED) is 0.323. The van der Waals surface area contributed by atoms with E-state index in [1.807, 2.05) is 0 Å². The van der Waals surface area contributed by atoms with Gasteiger partial charge in [-0.05, 0) is 12.1 Å². The van der Waals surface area contributed by atoms with Crippen molar-refractivity contribution in [2.24, 2.45) is 5.73 Å². The van der Waals surface area contributed by atoms with Gasteiger partial charge >= 0.3 is 0 Å². The van der Waals surface area contributed by atoms with Crippen molar-refractivity contribution in [1.82, 2.24) is 5.32 Å². The number of nitrogen functional groups attached to an aromatic ring is 1. The van der Waals surface area contributed by atoms with Crippen LogP contribution < -0.4 is 16.8 Å². The average Bonchev–Trinajstić information content (AvgIpc) is 2.29. The highest BCUT2D eigenvalue weighted by molar-refractivity contribution is 5.98. The van der Waals surface area contributed by atoms with Crippen LogP contribution in [0.4, 0.5) is 5.69 Å². The lowest BCUT2D eigenvalue weighted by atomic mass is 10.1. The Balaban J connectivity index is 2.71. The molecule has 2 amide bonds. The summed E-state index contributed by atoms with van der Waals surface area (Å²) in [6.45, 7) is -0.331. The fraction of sp³-hybridized carbons (Fsp3) is 0.200. The van der Waals surface area contributed by atoms with Crippen molar-refractivity contribution >= 4 is 17.5 Å². The van der Waals surface area contributed by atoms with Crippen molar-refractivity contribution < 1.29 is 19.8 Å². The Morgan fingerprint density at radius 3 is 2.65 bits per heavy atom. The van der Waals surface area contributed by atoms with Gasteiger partial charge in [-0.2, -0.15) is 0 Å². The van der Waals surface area contributed by atoms with Gasteiger partial charge in [0.05, 0.1) is 17.8 Å². The van der Waals surface area contributed by atoms with Crippen molar-refractivity contribution in [3.63, 3.8) is 0 Å². The molecule has 0 aromatic heterocycles.